The number of hydrogen-bond donors (Lipinski definition) is 0. The van der Waals surface area contributed by atoms with E-state index < -0.39 is 0 Å². The van der Waals surface area contributed by atoms with E-state index in [-0.39, 0.29) is 0 Å². The molecule has 2 aromatic carbocycles. The highest BCUT2D eigenvalue weighted by Gasteiger charge is 2.11. The molecule has 0 fully saturated rings. The number of rotatable bonds is 4. The maximum absolute atomic E-state index is 5.91. The van der Waals surface area contributed by atoms with E-state index in [2.05, 4.69) is 34.4 Å². The largest absolute Gasteiger partial charge is 0.234 e. The van der Waals surface area contributed by atoms with Crippen LogP contribution < -0.4 is 0 Å². The molecule has 0 N–H and O–H groups in total. The van der Waals surface area contributed by atoms with Gasteiger partial charge in [0.2, 0.25) is 4.96 Å². The first kappa shape index (κ1) is 16.0. The van der Waals surface area contributed by atoms with E-state index in [1.54, 1.807) is 0 Å². The maximum Gasteiger partial charge on any atom is 0.234 e. The molecular weight excluding hydrogens is 352 g/mol. The Kier molecular flexibility index (Phi) is 4.34. The van der Waals surface area contributed by atoms with Gasteiger partial charge < -0.3 is 0 Å². The second-order valence-corrected chi connectivity index (χ2v) is 7.16. The monoisotopic (exact) mass is 366 g/mol. The van der Waals surface area contributed by atoms with Crippen LogP contribution in [0.2, 0.25) is 5.02 Å². The van der Waals surface area contributed by atoms with Crippen LogP contribution in [0.4, 0.5) is 0 Å². The van der Waals surface area contributed by atoms with Gasteiger partial charge in [0, 0.05) is 11.4 Å². The lowest BCUT2D eigenvalue weighted by molar-refractivity contribution is 0.846. The van der Waals surface area contributed by atoms with Crippen molar-refractivity contribution in [3.63, 3.8) is 0 Å². The van der Waals surface area contributed by atoms with Crippen LogP contribution in [-0.4, -0.2) is 19.8 Å². The average molecular weight is 367 g/mol. The molecule has 0 spiro atoms. The summed E-state index contributed by atoms with van der Waals surface area (Å²) < 4.78 is 1.83. The summed E-state index contributed by atoms with van der Waals surface area (Å²) in [7, 11) is 0. The molecule has 0 aliphatic rings. The molecule has 0 saturated heterocycles. The molecule has 0 radical (unpaired) electrons. The van der Waals surface area contributed by atoms with E-state index in [1.165, 1.54) is 22.5 Å². The smallest absolute Gasteiger partial charge is 0.187 e. The number of aryl methyl sites for hydroxylation is 1. The van der Waals surface area contributed by atoms with Gasteiger partial charge in [0.25, 0.3) is 0 Å². The highest BCUT2D eigenvalue weighted by molar-refractivity contribution is 7.17. The van der Waals surface area contributed by atoms with Gasteiger partial charge in [-0.15, -0.1) is 10.2 Å². The predicted octanol–water partition coefficient (Wildman–Crippen LogP) is 4.91. The van der Waals surface area contributed by atoms with E-state index >= 15 is 0 Å². The molecule has 0 bridgehead atoms. The van der Waals surface area contributed by atoms with Gasteiger partial charge in [0.1, 0.15) is 5.01 Å². The van der Waals surface area contributed by atoms with Crippen molar-refractivity contribution < 1.29 is 0 Å². The summed E-state index contributed by atoms with van der Waals surface area (Å²) in [6.45, 7) is 2.11. The van der Waals surface area contributed by atoms with E-state index in [4.69, 9.17) is 11.6 Å². The molecule has 4 rings (SSSR count). The van der Waals surface area contributed by atoms with Crippen LogP contribution in [0.1, 0.15) is 27.5 Å². The van der Waals surface area contributed by atoms with Gasteiger partial charge >= 0.3 is 0 Å². The summed E-state index contributed by atoms with van der Waals surface area (Å²) in [6.07, 6.45) is 4.72. The Labute approximate surface area is 154 Å². The summed E-state index contributed by atoms with van der Waals surface area (Å²) in [6, 6.07) is 16.0. The normalized spacial score (nSPS) is 11.6. The molecule has 0 unspecified atom stereocenters. The number of aromatic nitrogens is 4. The molecule has 6 heteroatoms. The predicted molar refractivity (Wildman–Crippen MR) is 103 cm³/mol. The van der Waals surface area contributed by atoms with Crippen LogP contribution in [0, 0.1) is 6.92 Å². The van der Waals surface area contributed by atoms with Gasteiger partial charge in [-0.25, -0.2) is 0 Å². The topological polar surface area (TPSA) is 43.1 Å². The summed E-state index contributed by atoms with van der Waals surface area (Å²) in [4.78, 5) is 0.805. The standard InChI is InChI=1S/C19H15ClN4S/c1-13-4-2-3-5-15(13)12-17-21-22-19-24(17)23-18(25-19)11-8-14-6-9-16(20)10-7-14/h2-11H,12H2,1H3/b11-8-. The van der Waals surface area contributed by atoms with Gasteiger partial charge in [0.05, 0.1) is 0 Å². The highest BCUT2D eigenvalue weighted by Crippen LogP contribution is 2.19. The number of hydrogen-bond acceptors (Lipinski definition) is 4. The van der Waals surface area contributed by atoms with Crippen molar-refractivity contribution in [3.05, 3.63) is 81.1 Å². The molecule has 0 aliphatic carbocycles. The van der Waals surface area contributed by atoms with Crippen LogP contribution in [-0.2, 0) is 6.42 Å². The fourth-order valence-corrected chi connectivity index (χ4v) is 3.46. The second kappa shape index (κ2) is 6.78. The van der Waals surface area contributed by atoms with E-state index in [0.717, 1.165) is 32.8 Å². The van der Waals surface area contributed by atoms with Crippen molar-refractivity contribution in [1.29, 1.82) is 0 Å². The first-order valence-electron chi connectivity index (χ1n) is 7.88. The Balaban J connectivity index is 1.60. The van der Waals surface area contributed by atoms with Gasteiger partial charge in [-0.1, -0.05) is 65.4 Å². The molecule has 0 aliphatic heterocycles. The molecular formula is C19H15ClN4S. The molecule has 0 atom stereocenters. The van der Waals surface area contributed by atoms with Gasteiger partial charge in [0.15, 0.2) is 5.82 Å². The Morgan fingerprint density at radius 1 is 1.04 bits per heavy atom. The Bertz CT molecular complexity index is 1050. The number of halogens is 1. The van der Waals surface area contributed by atoms with Crippen LogP contribution in [0.3, 0.4) is 0 Å². The molecule has 0 amide bonds. The molecule has 4 aromatic rings. The Morgan fingerprint density at radius 2 is 1.84 bits per heavy atom. The number of fused-ring (bicyclic) bond motifs is 1. The maximum atomic E-state index is 5.91. The summed E-state index contributed by atoms with van der Waals surface area (Å²) in [5, 5.41) is 14.8. The lowest BCUT2D eigenvalue weighted by Gasteiger charge is -2.02. The third-order valence-corrected chi connectivity index (χ3v) is 5.09. The number of benzene rings is 2. The number of nitrogens with zero attached hydrogens (tertiary/aromatic N) is 4. The molecule has 124 valence electrons. The van der Waals surface area contributed by atoms with Crippen LogP contribution in [0.15, 0.2) is 48.5 Å². The van der Waals surface area contributed by atoms with Gasteiger partial charge in [-0.2, -0.15) is 9.61 Å². The SMILES string of the molecule is Cc1ccccc1Cc1nnc2sc(/C=C\c3ccc(Cl)cc3)nn12. The lowest BCUT2D eigenvalue weighted by atomic mass is 10.1. The fraction of sp³-hybridized carbons (Fsp3) is 0.105. The van der Waals surface area contributed by atoms with E-state index in [0.29, 0.717) is 0 Å². The van der Waals surface area contributed by atoms with Crippen molar-refractivity contribution >= 4 is 40.1 Å². The first-order valence-corrected chi connectivity index (χ1v) is 9.08. The molecule has 2 aromatic heterocycles. The minimum absolute atomic E-state index is 0.720. The summed E-state index contributed by atoms with van der Waals surface area (Å²) >= 11 is 7.43. The minimum atomic E-state index is 0.720. The van der Waals surface area contributed by atoms with E-state index in [9.17, 15) is 0 Å². The lowest BCUT2D eigenvalue weighted by Crippen LogP contribution is -1.99. The zero-order valence-electron chi connectivity index (χ0n) is 13.6. The van der Waals surface area contributed by atoms with Crippen molar-refractivity contribution in [3.8, 4) is 0 Å². The summed E-state index contributed by atoms with van der Waals surface area (Å²) in [5.41, 5.74) is 3.57. The van der Waals surface area contributed by atoms with Crippen LogP contribution in [0.25, 0.3) is 17.1 Å². The Hall–Kier alpha value is -2.50. The van der Waals surface area contributed by atoms with Crippen molar-refractivity contribution in [2.45, 2.75) is 13.3 Å². The molecule has 0 saturated carbocycles. The molecule has 2 heterocycles. The Morgan fingerprint density at radius 3 is 2.64 bits per heavy atom. The minimum Gasteiger partial charge on any atom is -0.187 e. The van der Waals surface area contributed by atoms with Crippen molar-refractivity contribution in [1.82, 2.24) is 19.8 Å². The zero-order valence-corrected chi connectivity index (χ0v) is 15.1. The average Bonchev–Trinajstić information content (AvgIpc) is 3.18. The van der Waals surface area contributed by atoms with Crippen molar-refractivity contribution in [2.75, 3.05) is 0 Å². The third kappa shape index (κ3) is 3.48. The first-order chi connectivity index (χ1) is 12.2. The van der Waals surface area contributed by atoms with Crippen molar-refractivity contribution in [2.24, 2.45) is 0 Å². The van der Waals surface area contributed by atoms with E-state index in [1.807, 2.05) is 53.1 Å². The van der Waals surface area contributed by atoms with Crippen LogP contribution >= 0.6 is 22.9 Å². The molecule has 25 heavy (non-hydrogen) atoms. The fourth-order valence-electron chi connectivity index (χ4n) is 2.57. The molecule has 4 nitrogen and oxygen atoms in total. The third-order valence-electron chi connectivity index (χ3n) is 3.97. The van der Waals surface area contributed by atoms with Gasteiger partial charge in [-0.05, 0) is 41.8 Å². The quantitative estimate of drug-likeness (QED) is 0.515. The zero-order chi connectivity index (χ0) is 17.2. The van der Waals surface area contributed by atoms with Gasteiger partial charge in [-0.3, -0.25) is 0 Å². The second-order valence-electron chi connectivity index (χ2n) is 5.74. The highest BCUT2D eigenvalue weighted by atomic mass is 35.5. The van der Waals surface area contributed by atoms with Crippen LogP contribution in [0.5, 0.6) is 0 Å². The summed E-state index contributed by atoms with van der Waals surface area (Å²) in [5.74, 6) is 0.853.